The van der Waals surface area contributed by atoms with E-state index in [0.29, 0.717) is 5.02 Å². The fraction of sp³-hybridized carbons (Fsp3) is 0.100. The molecule has 0 saturated carbocycles. The predicted molar refractivity (Wildman–Crippen MR) is 105 cm³/mol. The summed E-state index contributed by atoms with van der Waals surface area (Å²) in [6.45, 7) is 2.06. The summed E-state index contributed by atoms with van der Waals surface area (Å²) in [5.41, 5.74) is 4.82. The zero-order chi connectivity index (χ0) is 18.1. The molecule has 0 atom stereocenters. The fourth-order valence-corrected chi connectivity index (χ4v) is 3.21. The van der Waals surface area contributed by atoms with E-state index in [2.05, 4.69) is 27.2 Å². The van der Waals surface area contributed by atoms with Gasteiger partial charge in [0.15, 0.2) is 0 Å². The van der Waals surface area contributed by atoms with E-state index in [-0.39, 0.29) is 0 Å². The second-order valence-electron chi connectivity index (χ2n) is 5.93. The molecule has 26 heavy (non-hydrogen) atoms. The number of fused-ring (bicyclic) bond motifs is 1. The van der Waals surface area contributed by atoms with Gasteiger partial charge in [-0.25, -0.2) is 9.97 Å². The molecule has 6 heteroatoms. The summed E-state index contributed by atoms with van der Waals surface area (Å²) < 4.78 is 5.24. The number of nitrogens with zero attached hydrogens (tertiary/aromatic N) is 2. The Morgan fingerprint density at radius 3 is 2.62 bits per heavy atom. The first-order valence-electron chi connectivity index (χ1n) is 8.16. The van der Waals surface area contributed by atoms with E-state index in [0.717, 1.165) is 45.1 Å². The van der Waals surface area contributed by atoms with Gasteiger partial charge in [0.2, 0.25) is 0 Å². The number of rotatable bonds is 4. The second kappa shape index (κ2) is 6.69. The Kier molecular flexibility index (Phi) is 4.22. The fourth-order valence-electron chi connectivity index (χ4n) is 3.02. The van der Waals surface area contributed by atoms with E-state index in [1.807, 2.05) is 48.5 Å². The Bertz CT molecular complexity index is 1070. The van der Waals surface area contributed by atoms with Crippen molar-refractivity contribution in [2.75, 3.05) is 12.4 Å². The Labute approximate surface area is 156 Å². The third-order valence-electron chi connectivity index (χ3n) is 4.31. The molecule has 2 aromatic carbocycles. The lowest BCUT2D eigenvalue weighted by Crippen LogP contribution is -1.95. The number of anilines is 2. The van der Waals surface area contributed by atoms with Crippen molar-refractivity contribution in [3.63, 3.8) is 0 Å². The highest BCUT2D eigenvalue weighted by Gasteiger charge is 2.15. The van der Waals surface area contributed by atoms with Crippen LogP contribution in [-0.4, -0.2) is 22.1 Å². The second-order valence-corrected chi connectivity index (χ2v) is 6.37. The number of halogens is 1. The van der Waals surface area contributed by atoms with Crippen molar-refractivity contribution in [2.24, 2.45) is 0 Å². The summed E-state index contributed by atoms with van der Waals surface area (Å²) >= 11 is 6.08. The maximum Gasteiger partial charge on any atom is 0.143 e. The van der Waals surface area contributed by atoms with Crippen LogP contribution in [0.5, 0.6) is 5.75 Å². The average Bonchev–Trinajstić information content (AvgIpc) is 3.00. The quantitative estimate of drug-likeness (QED) is 0.513. The van der Waals surface area contributed by atoms with E-state index in [1.165, 1.54) is 0 Å². The minimum absolute atomic E-state index is 0.671. The molecule has 5 nitrogen and oxygen atoms in total. The lowest BCUT2D eigenvalue weighted by Gasteiger charge is -2.07. The van der Waals surface area contributed by atoms with Crippen LogP contribution < -0.4 is 10.1 Å². The molecule has 2 heterocycles. The molecule has 130 valence electrons. The van der Waals surface area contributed by atoms with Gasteiger partial charge in [-0.15, -0.1) is 0 Å². The van der Waals surface area contributed by atoms with Crippen molar-refractivity contribution in [2.45, 2.75) is 6.92 Å². The smallest absolute Gasteiger partial charge is 0.143 e. The Morgan fingerprint density at radius 2 is 1.88 bits per heavy atom. The summed E-state index contributed by atoms with van der Waals surface area (Å²) in [7, 11) is 1.66. The van der Waals surface area contributed by atoms with E-state index >= 15 is 0 Å². The molecule has 0 radical (unpaired) electrons. The summed E-state index contributed by atoms with van der Waals surface area (Å²) in [4.78, 5) is 12.2. The highest BCUT2D eigenvalue weighted by atomic mass is 35.5. The largest absolute Gasteiger partial charge is 0.497 e. The van der Waals surface area contributed by atoms with Gasteiger partial charge in [0.05, 0.1) is 18.2 Å². The number of nitrogens with one attached hydrogen (secondary N) is 2. The number of hydrogen-bond acceptors (Lipinski definition) is 4. The van der Waals surface area contributed by atoms with Crippen molar-refractivity contribution < 1.29 is 4.74 Å². The van der Waals surface area contributed by atoms with Gasteiger partial charge in [0.1, 0.15) is 23.5 Å². The standard InChI is InChI=1S/C20H17ClN4O/c1-12-17-19(24-15-5-3-4-14(21)10-15)22-11-23-20(17)25-18(12)13-6-8-16(26-2)9-7-13/h3-11H,1-2H3,(H2,22,23,24,25). The van der Waals surface area contributed by atoms with Gasteiger partial charge in [0, 0.05) is 10.7 Å². The molecule has 0 bridgehead atoms. The zero-order valence-corrected chi connectivity index (χ0v) is 15.1. The molecular formula is C20H17ClN4O. The molecule has 0 spiro atoms. The predicted octanol–water partition coefficient (Wildman–Crippen LogP) is 5.34. The lowest BCUT2D eigenvalue weighted by molar-refractivity contribution is 0.415. The molecule has 0 aliphatic heterocycles. The van der Waals surface area contributed by atoms with Crippen molar-refractivity contribution in [1.82, 2.24) is 15.0 Å². The molecule has 0 aliphatic rings. The molecule has 2 N–H and O–H groups in total. The van der Waals surface area contributed by atoms with Crippen LogP contribution in [-0.2, 0) is 0 Å². The monoisotopic (exact) mass is 364 g/mol. The molecule has 4 rings (SSSR count). The van der Waals surface area contributed by atoms with Crippen LogP contribution in [0.4, 0.5) is 11.5 Å². The number of ether oxygens (including phenoxy) is 1. The third kappa shape index (κ3) is 2.97. The lowest BCUT2D eigenvalue weighted by atomic mass is 10.1. The molecule has 0 aliphatic carbocycles. The Balaban J connectivity index is 1.79. The van der Waals surface area contributed by atoms with E-state index in [1.54, 1.807) is 13.4 Å². The topological polar surface area (TPSA) is 62.8 Å². The van der Waals surface area contributed by atoms with Crippen molar-refractivity contribution in [3.05, 3.63) is 65.4 Å². The number of aromatic amines is 1. The van der Waals surface area contributed by atoms with Gasteiger partial charge in [-0.3, -0.25) is 0 Å². The first-order chi connectivity index (χ1) is 12.7. The minimum Gasteiger partial charge on any atom is -0.497 e. The number of benzene rings is 2. The number of methoxy groups -OCH3 is 1. The number of aryl methyl sites for hydroxylation is 1. The molecule has 0 saturated heterocycles. The normalized spacial score (nSPS) is 10.9. The van der Waals surface area contributed by atoms with Gasteiger partial charge >= 0.3 is 0 Å². The van der Waals surface area contributed by atoms with Gasteiger partial charge in [0.25, 0.3) is 0 Å². The minimum atomic E-state index is 0.671. The zero-order valence-electron chi connectivity index (χ0n) is 14.4. The molecule has 4 aromatic rings. The molecule has 2 aromatic heterocycles. The van der Waals surface area contributed by atoms with Crippen molar-refractivity contribution in [3.8, 4) is 17.0 Å². The highest BCUT2D eigenvalue weighted by Crippen LogP contribution is 2.34. The van der Waals surface area contributed by atoms with Crippen LogP contribution in [0.3, 0.4) is 0 Å². The SMILES string of the molecule is COc1ccc(-c2[nH]c3ncnc(Nc4cccc(Cl)c4)c3c2C)cc1. The van der Waals surface area contributed by atoms with E-state index < -0.39 is 0 Å². The Morgan fingerprint density at radius 1 is 1.08 bits per heavy atom. The van der Waals surface area contributed by atoms with Gasteiger partial charge in [-0.2, -0.15) is 0 Å². The van der Waals surface area contributed by atoms with E-state index in [4.69, 9.17) is 16.3 Å². The summed E-state index contributed by atoms with van der Waals surface area (Å²) in [5.74, 6) is 1.57. The maximum atomic E-state index is 6.08. The van der Waals surface area contributed by atoms with Crippen LogP contribution >= 0.6 is 11.6 Å². The molecular weight excluding hydrogens is 348 g/mol. The van der Waals surface area contributed by atoms with Gasteiger partial charge in [-0.1, -0.05) is 17.7 Å². The number of hydrogen-bond donors (Lipinski definition) is 2. The Hall–Kier alpha value is -3.05. The maximum absolute atomic E-state index is 6.08. The third-order valence-corrected chi connectivity index (χ3v) is 4.54. The van der Waals surface area contributed by atoms with Gasteiger partial charge < -0.3 is 15.0 Å². The molecule has 0 fully saturated rings. The van der Waals surface area contributed by atoms with Gasteiger partial charge in [-0.05, 0) is 60.5 Å². The summed E-state index contributed by atoms with van der Waals surface area (Å²) in [6.07, 6.45) is 1.54. The van der Waals surface area contributed by atoms with Crippen molar-refractivity contribution in [1.29, 1.82) is 0 Å². The summed E-state index contributed by atoms with van der Waals surface area (Å²) in [5, 5.41) is 4.96. The van der Waals surface area contributed by atoms with Crippen molar-refractivity contribution >= 4 is 34.1 Å². The van der Waals surface area contributed by atoms with Crippen LogP contribution in [0.25, 0.3) is 22.3 Å². The summed E-state index contributed by atoms with van der Waals surface area (Å²) in [6, 6.07) is 15.5. The molecule has 0 unspecified atom stereocenters. The first-order valence-corrected chi connectivity index (χ1v) is 8.54. The number of aromatic nitrogens is 3. The van der Waals surface area contributed by atoms with E-state index in [9.17, 15) is 0 Å². The average molecular weight is 365 g/mol. The molecule has 0 amide bonds. The van der Waals surface area contributed by atoms with Crippen LogP contribution in [0.15, 0.2) is 54.9 Å². The van der Waals surface area contributed by atoms with Crippen LogP contribution in [0.2, 0.25) is 5.02 Å². The number of H-pyrrole nitrogens is 1. The highest BCUT2D eigenvalue weighted by molar-refractivity contribution is 6.30. The first kappa shape index (κ1) is 16.4. The van der Waals surface area contributed by atoms with Crippen LogP contribution in [0, 0.1) is 6.92 Å². The van der Waals surface area contributed by atoms with Crippen LogP contribution in [0.1, 0.15) is 5.56 Å².